The largest absolute Gasteiger partial charge is 0.266 e. The molecule has 0 saturated carbocycles. The van der Waals surface area contributed by atoms with Crippen molar-refractivity contribution in [2.24, 2.45) is 0 Å². The summed E-state index contributed by atoms with van der Waals surface area (Å²) in [5.74, 6) is 0. The topological polar surface area (TPSA) is 37.4 Å². The summed E-state index contributed by atoms with van der Waals surface area (Å²) in [5.41, 5.74) is 2.83. The van der Waals surface area contributed by atoms with Crippen molar-refractivity contribution in [2.75, 3.05) is 10.8 Å². The molecule has 0 aromatic heterocycles. The van der Waals surface area contributed by atoms with Crippen molar-refractivity contribution >= 4 is 15.7 Å². The highest BCUT2D eigenvalue weighted by atomic mass is 32.2. The van der Waals surface area contributed by atoms with Crippen LogP contribution < -0.4 is 4.31 Å². The third-order valence-electron chi connectivity index (χ3n) is 4.10. The highest BCUT2D eigenvalue weighted by molar-refractivity contribution is 7.92. The first kappa shape index (κ1) is 17.2. The highest BCUT2D eigenvalue weighted by Gasteiger charge is 2.24. The molecule has 0 aliphatic carbocycles. The van der Waals surface area contributed by atoms with Gasteiger partial charge in [-0.05, 0) is 43.2 Å². The zero-order chi connectivity index (χ0) is 17.7. The fourth-order valence-electron chi connectivity index (χ4n) is 2.70. The summed E-state index contributed by atoms with van der Waals surface area (Å²) in [6.45, 7) is 2.34. The van der Waals surface area contributed by atoms with Crippen LogP contribution in [0.1, 0.15) is 11.1 Å². The molecule has 0 bridgehead atoms. The standard InChI is InChI=1S/C21H21NO2S/c1-18-12-14-21(15-13-18)25(23,24)22(20-10-6-3-7-11-20)17-16-19-8-4-2-5-9-19/h2-15H,16-17H2,1H3. The monoisotopic (exact) mass is 351 g/mol. The summed E-state index contributed by atoms with van der Waals surface area (Å²) in [6.07, 6.45) is 0.654. The quantitative estimate of drug-likeness (QED) is 0.659. The molecular weight excluding hydrogens is 330 g/mol. The fourth-order valence-corrected chi connectivity index (χ4v) is 4.16. The van der Waals surface area contributed by atoms with E-state index in [-0.39, 0.29) is 0 Å². The number of benzene rings is 3. The molecule has 0 unspecified atom stereocenters. The molecule has 0 heterocycles. The van der Waals surface area contributed by atoms with E-state index in [1.165, 1.54) is 4.31 Å². The zero-order valence-corrected chi connectivity index (χ0v) is 15.0. The van der Waals surface area contributed by atoms with E-state index in [1.807, 2.05) is 79.7 Å². The number of rotatable bonds is 6. The Labute approximate surface area is 149 Å². The van der Waals surface area contributed by atoms with E-state index < -0.39 is 10.0 Å². The predicted octanol–water partition coefficient (Wildman–Crippen LogP) is 4.43. The maximum Gasteiger partial charge on any atom is 0.264 e. The normalized spacial score (nSPS) is 11.2. The Morgan fingerprint density at radius 3 is 1.92 bits per heavy atom. The van der Waals surface area contributed by atoms with Gasteiger partial charge in [0.15, 0.2) is 0 Å². The number of sulfonamides is 1. The SMILES string of the molecule is Cc1ccc(S(=O)(=O)N(CCc2ccccc2)c2ccccc2)cc1. The Hall–Kier alpha value is -2.59. The number of aryl methyl sites for hydroxylation is 1. The number of hydrogen-bond donors (Lipinski definition) is 0. The minimum absolute atomic E-state index is 0.315. The third-order valence-corrected chi connectivity index (χ3v) is 5.94. The summed E-state index contributed by atoms with van der Waals surface area (Å²) < 4.78 is 27.9. The van der Waals surface area contributed by atoms with Crippen LogP contribution in [0.5, 0.6) is 0 Å². The second-order valence-corrected chi connectivity index (χ2v) is 7.82. The number of hydrogen-bond acceptors (Lipinski definition) is 2. The van der Waals surface area contributed by atoms with Crippen molar-refractivity contribution in [3.05, 3.63) is 96.1 Å². The van der Waals surface area contributed by atoms with Crippen LogP contribution in [0.3, 0.4) is 0 Å². The molecule has 0 saturated heterocycles. The molecule has 0 aliphatic heterocycles. The van der Waals surface area contributed by atoms with Gasteiger partial charge in [-0.15, -0.1) is 0 Å². The first-order chi connectivity index (χ1) is 12.1. The van der Waals surface area contributed by atoms with Gasteiger partial charge in [0.2, 0.25) is 0 Å². The Balaban J connectivity index is 1.94. The lowest BCUT2D eigenvalue weighted by molar-refractivity contribution is 0.590. The summed E-state index contributed by atoms with van der Waals surface area (Å²) in [6, 6.07) is 26.2. The first-order valence-electron chi connectivity index (χ1n) is 8.26. The molecule has 3 aromatic carbocycles. The second kappa shape index (κ2) is 7.53. The predicted molar refractivity (Wildman–Crippen MR) is 102 cm³/mol. The van der Waals surface area contributed by atoms with Gasteiger partial charge < -0.3 is 0 Å². The number of nitrogens with zero attached hydrogens (tertiary/aromatic N) is 1. The molecule has 0 aliphatic rings. The van der Waals surface area contributed by atoms with Crippen molar-refractivity contribution in [3.8, 4) is 0 Å². The zero-order valence-electron chi connectivity index (χ0n) is 14.2. The molecule has 0 N–H and O–H groups in total. The lowest BCUT2D eigenvalue weighted by Crippen LogP contribution is -2.33. The van der Waals surface area contributed by atoms with E-state index >= 15 is 0 Å². The van der Waals surface area contributed by atoms with Crippen LogP contribution in [-0.2, 0) is 16.4 Å². The van der Waals surface area contributed by atoms with Crippen LogP contribution in [-0.4, -0.2) is 15.0 Å². The van der Waals surface area contributed by atoms with Gasteiger partial charge in [-0.3, -0.25) is 4.31 Å². The molecule has 3 aromatic rings. The average molecular weight is 351 g/mol. The molecule has 25 heavy (non-hydrogen) atoms. The van der Waals surface area contributed by atoms with Crippen LogP contribution in [0.4, 0.5) is 5.69 Å². The van der Waals surface area contributed by atoms with E-state index in [9.17, 15) is 8.42 Å². The molecule has 0 radical (unpaired) electrons. The molecule has 3 nitrogen and oxygen atoms in total. The van der Waals surface area contributed by atoms with Gasteiger partial charge in [0.25, 0.3) is 10.0 Å². The van der Waals surface area contributed by atoms with Gasteiger partial charge in [0, 0.05) is 6.54 Å². The summed E-state index contributed by atoms with van der Waals surface area (Å²) >= 11 is 0. The Kier molecular flexibility index (Phi) is 5.19. The van der Waals surface area contributed by atoms with Crippen LogP contribution in [0.15, 0.2) is 89.8 Å². The van der Waals surface area contributed by atoms with E-state index in [0.717, 1.165) is 11.1 Å². The van der Waals surface area contributed by atoms with Crippen molar-refractivity contribution in [2.45, 2.75) is 18.2 Å². The lowest BCUT2D eigenvalue weighted by atomic mass is 10.1. The summed E-state index contributed by atoms with van der Waals surface area (Å²) in [7, 11) is -3.61. The molecular formula is C21H21NO2S. The van der Waals surface area contributed by atoms with Crippen molar-refractivity contribution in [1.29, 1.82) is 0 Å². The van der Waals surface area contributed by atoms with Crippen molar-refractivity contribution in [1.82, 2.24) is 0 Å². The minimum Gasteiger partial charge on any atom is -0.266 e. The average Bonchev–Trinajstić information content (AvgIpc) is 2.64. The second-order valence-electron chi connectivity index (χ2n) is 5.96. The van der Waals surface area contributed by atoms with E-state index in [1.54, 1.807) is 12.1 Å². The van der Waals surface area contributed by atoms with Crippen molar-refractivity contribution < 1.29 is 8.42 Å². The van der Waals surface area contributed by atoms with Gasteiger partial charge in [-0.2, -0.15) is 0 Å². The smallest absolute Gasteiger partial charge is 0.264 e. The number of anilines is 1. The first-order valence-corrected chi connectivity index (χ1v) is 9.70. The Morgan fingerprint density at radius 2 is 1.32 bits per heavy atom. The van der Waals surface area contributed by atoms with Crippen LogP contribution >= 0.6 is 0 Å². The molecule has 4 heteroatoms. The molecule has 0 amide bonds. The van der Waals surface area contributed by atoms with Crippen LogP contribution in [0.25, 0.3) is 0 Å². The Morgan fingerprint density at radius 1 is 0.760 bits per heavy atom. The third kappa shape index (κ3) is 4.09. The van der Waals surface area contributed by atoms with E-state index in [2.05, 4.69) is 0 Å². The fraction of sp³-hybridized carbons (Fsp3) is 0.143. The molecule has 0 fully saturated rings. The molecule has 128 valence electrons. The van der Waals surface area contributed by atoms with Crippen LogP contribution in [0, 0.1) is 6.92 Å². The summed E-state index contributed by atoms with van der Waals surface area (Å²) in [4.78, 5) is 0.315. The molecule has 0 atom stereocenters. The highest BCUT2D eigenvalue weighted by Crippen LogP contribution is 2.24. The van der Waals surface area contributed by atoms with Gasteiger partial charge >= 0.3 is 0 Å². The maximum absolute atomic E-state index is 13.2. The van der Waals surface area contributed by atoms with Gasteiger partial charge in [-0.1, -0.05) is 66.2 Å². The van der Waals surface area contributed by atoms with Gasteiger partial charge in [0.05, 0.1) is 10.6 Å². The van der Waals surface area contributed by atoms with Gasteiger partial charge in [0.1, 0.15) is 0 Å². The summed E-state index contributed by atoms with van der Waals surface area (Å²) in [5, 5.41) is 0. The van der Waals surface area contributed by atoms with Crippen LogP contribution in [0.2, 0.25) is 0 Å². The van der Waals surface area contributed by atoms with Gasteiger partial charge in [-0.25, -0.2) is 8.42 Å². The molecule has 3 rings (SSSR count). The minimum atomic E-state index is -3.61. The van der Waals surface area contributed by atoms with E-state index in [0.29, 0.717) is 23.5 Å². The van der Waals surface area contributed by atoms with Crippen molar-refractivity contribution in [3.63, 3.8) is 0 Å². The van der Waals surface area contributed by atoms with E-state index in [4.69, 9.17) is 0 Å². The Bertz CT molecular complexity index is 905. The maximum atomic E-state index is 13.2. The lowest BCUT2D eigenvalue weighted by Gasteiger charge is -2.24. The number of para-hydroxylation sites is 1. The molecule has 0 spiro atoms.